The Morgan fingerprint density at radius 3 is 2.22 bits per heavy atom. The zero-order valence-corrected chi connectivity index (χ0v) is 47.2. The van der Waals surface area contributed by atoms with Crippen LogP contribution < -0.4 is 0 Å². The molecule has 8 rings (SSSR count). The summed E-state index contributed by atoms with van der Waals surface area (Å²) in [5.74, 6) is -0.797. The number of carbonyl (C=O) groups is 1. The van der Waals surface area contributed by atoms with Crippen LogP contribution in [0.3, 0.4) is 0 Å². The van der Waals surface area contributed by atoms with Crippen molar-refractivity contribution in [3.05, 3.63) is 23.2 Å². The van der Waals surface area contributed by atoms with Crippen molar-refractivity contribution in [2.45, 2.75) is 266 Å². The van der Waals surface area contributed by atoms with Crippen molar-refractivity contribution in [2.24, 2.45) is 11.8 Å². The molecule has 18 atom stereocenters. The lowest BCUT2D eigenvalue weighted by Crippen LogP contribution is -2.61. The maximum Gasteiger partial charge on any atom is 0.192 e. The third kappa shape index (κ3) is 12.4. The van der Waals surface area contributed by atoms with Gasteiger partial charge in [0.1, 0.15) is 36.3 Å². The summed E-state index contributed by atoms with van der Waals surface area (Å²) in [6.45, 7) is 33.9. The largest absolute Gasteiger partial charge is 0.414 e. The van der Waals surface area contributed by atoms with Crippen molar-refractivity contribution in [1.82, 2.24) is 0 Å². The summed E-state index contributed by atoms with van der Waals surface area (Å²) in [4.78, 5) is 14.6. The van der Waals surface area contributed by atoms with E-state index in [2.05, 4.69) is 104 Å². The van der Waals surface area contributed by atoms with Gasteiger partial charge in [-0.1, -0.05) is 77.6 Å². The van der Waals surface area contributed by atoms with Crippen molar-refractivity contribution >= 4 is 38.3 Å². The van der Waals surface area contributed by atoms with Gasteiger partial charge in [0.15, 0.2) is 22.4 Å². The number of ether oxygens (including phenoxy) is 8. The second-order valence-electron chi connectivity index (χ2n) is 24.7. The first-order valence-electron chi connectivity index (χ1n) is 26.0. The van der Waals surface area contributed by atoms with E-state index in [4.69, 9.17) is 46.7 Å². The number of hydrogen-bond donors (Lipinski definition) is 2. The summed E-state index contributed by atoms with van der Waals surface area (Å²) in [5, 5.41) is 20.4. The molecule has 6 bridgehead atoms. The van der Waals surface area contributed by atoms with Gasteiger partial charge in [-0.15, -0.1) is 0 Å². The normalized spacial score (nSPS) is 39.2. The molecular weight excluding hydrogens is 969 g/mol. The lowest BCUT2D eigenvalue weighted by Gasteiger charge is -2.47. The fourth-order valence-corrected chi connectivity index (χ4v) is 14.3. The highest BCUT2D eigenvalue weighted by Crippen LogP contribution is 2.54. The number of hydrogen-bond acceptors (Lipinski definition) is 13. The first kappa shape index (κ1) is 55.3. The predicted molar refractivity (Wildman–Crippen MR) is 270 cm³/mol. The Bertz CT molecular complexity index is 1750. The Kier molecular flexibility index (Phi) is 17.8. The molecule has 8 heterocycles. The van der Waals surface area contributed by atoms with E-state index in [0.717, 1.165) is 29.3 Å². The Balaban J connectivity index is 1.08. The molecule has 0 spiro atoms. The minimum atomic E-state index is -2.24. The van der Waals surface area contributed by atoms with E-state index in [1.807, 2.05) is 0 Å². The van der Waals surface area contributed by atoms with E-state index < -0.39 is 40.7 Å². The molecule has 0 aliphatic carbocycles. The van der Waals surface area contributed by atoms with Gasteiger partial charge in [-0.05, 0) is 90.8 Å². The minimum absolute atomic E-state index is 0.0113. The van der Waals surface area contributed by atoms with Crippen molar-refractivity contribution in [2.75, 3.05) is 20.3 Å². The molecule has 68 heavy (non-hydrogen) atoms. The highest BCUT2D eigenvalue weighted by molar-refractivity contribution is 9.11. The number of carbonyl (C=O) groups excluding carboxylic acids is 1. The van der Waals surface area contributed by atoms with Crippen LogP contribution in [0.15, 0.2) is 23.2 Å². The molecule has 390 valence electrons. The lowest BCUT2D eigenvalue weighted by molar-refractivity contribution is -0.292. The zero-order chi connectivity index (χ0) is 49.7. The Morgan fingerprint density at radius 1 is 0.882 bits per heavy atom. The SMILES string of the molecule is C=C(Br)CC(O)CC[C@@]12C[C@H]3O[C@H]4[C@@H](O1)[C@H]1O[C@@H](CC(=O)C[C@@H]5[C@@H](OC)[C@@H](CC(CO[Si](C)(C)C(C)(C)C)O[Si](C)(C)C(C)(C)C)O[C@H]5C[C@H]5O[C@@H](CCCO)C[C@@H](C)C5=C)CC[C@@H]1O[C@H]4[C@H]3O2. The average Bonchev–Trinajstić information content (AvgIpc) is 3.80. The van der Waals surface area contributed by atoms with E-state index in [1.165, 1.54) is 0 Å². The fourth-order valence-electron chi connectivity index (χ4n) is 11.5. The van der Waals surface area contributed by atoms with Crippen molar-refractivity contribution in [3.63, 3.8) is 0 Å². The van der Waals surface area contributed by atoms with Gasteiger partial charge in [-0.2, -0.15) is 0 Å². The monoisotopic (exact) mass is 1060 g/mol. The topological polar surface area (TPSA) is 150 Å². The van der Waals surface area contributed by atoms with Crippen molar-refractivity contribution in [1.29, 1.82) is 0 Å². The molecule has 0 saturated carbocycles. The van der Waals surface area contributed by atoms with Gasteiger partial charge >= 0.3 is 0 Å². The molecule has 0 aromatic carbocycles. The predicted octanol–water partition coefficient (Wildman–Crippen LogP) is 9.46. The van der Waals surface area contributed by atoms with Crippen molar-refractivity contribution in [3.8, 4) is 0 Å². The van der Waals surface area contributed by atoms with Crippen molar-refractivity contribution < 1.29 is 61.8 Å². The van der Waals surface area contributed by atoms with Crippen LogP contribution >= 0.6 is 15.9 Å². The van der Waals surface area contributed by atoms with E-state index in [9.17, 15) is 15.0 Å². The maximum atomic E-state index is 14.6. The van der Waals surface area contributed by atoms with Gasteiger partial charge in [-0.3, -0.25) is 4.79 Å². The Hall–Kier alpha value is -0.416. The number of methoxy groups -OCH3 is 1. The third-order valence-electron chi connectivity index (χ3n) is 17.5. The third-order valence-corrected chi connectivity index (χ3v) is 26.9. The highest BCUT2D eigenvalue weighted by atomic mass is 79.9. The van der Waals surface area contributed by atoms with Crippen LogP contribution in [0, 0.1) is 11.8 Å². The summed E-state index contributed by atoms with van der Waals surface area (Å²) in [6.07, 6.45) is 3.03. The van der Waals surface area contributed by atoms with Crippen LogP contribution in [-0.2, 0) is 51.5 Å². The second kappa shape index (κ2) is 21.8. The number of fused-ring (bicyclic) bond motifs is 1. The Morgan fingerprint density at radius 2 is 1.56 bits per heavy atom. The van der Waals surface area contributed by atoms with E-state index in [0.29, 0.717) is 58.0 Å². The number of ketones is 1. The molecule has 0 aromatic rings. The number of aliphatic hydroxyl groups is 2. The molecule has 8 aliphatic rings. The van der Waals surface area contributed by atoms with Gasteiger partial charge in [-0.25, -0.2) is 0 Å². The first-order valence-corrected chi connectivity index (χ1v) is 32.6. The molecule has 0 amide bonds. The van der Waals surface area contributed by atoms with Gasteiger partial charge < -0.3 is 57.0 Å². The molecule has 0 aromatic heterocycles. The summed E-state index contributed by atoms with van der Waals surface area (Å²) in [6, 6.07) is 0. The molecule has 8 aliphatic heterocycles. The molecule has 2 unspecified atom stereocenters. The fraction of sp³-hybridized carbons (Fsp3) is 0.904. The summed E-state index contributed by atoms with van der Waals surface area (Å²) in [5.41, 5.74) is 1.05. The standard InChI is InChI=1S/C52H89BrO13Si2/c1-30-22-35(16-15-21-54)59-40(32(30)3)27-41-38(44(57-10)42(61-41)26-37(66-68(13,14)51(7,8)9)29-58-67(11,12)50(4,5)6)25-34(56)24-36-17-18-39-45(60-36)49-48-47(62-39)46-43(63-48)28-52(64-46,65-49)20-19-33(55)23-31(2)53/h30,33,35-49,54-55H,2-3,15-29H2,1,4-14H3/t30-,33?,35+,36-,37?,38+,39+,40-,41+,42-,43-,44-,45+,46+,47+,48-,49+,52+/m1/s1. The summed E-state index contributed by atoms with van der Waals surface area (Å²) in [7, 11) is -2.63. The van der Waals surface area contributed by atoms with Gasteiger partial charge in [0, 0.05) is 64.6 Å². The van der Waals surface area contributed by atoms with Crippen LogP contribution in [0.5, 0.6) is 0 Å². The smallest absolute Gasteiger partial charge is 0.192 e. The van der Waals surface area contributed by atoms with E-state index in [-0.39, 0.29) is 120 Å². The van der Waals surface area contributed by atoms with Crippen LogP contribution in [0.25, 0.3) is 0 Å². The molecule has 2 N–H and O–H groups in total. The van der Waals surface area contributed by atoms with Crippen LogP contribution in [0.1, 0.15) is 132 Å². The quantitative estimate of drug-likeness (QED) is 0.0784. The van der Waals surface area contributed by atoms with E-state index in [1.54, 1.807) is 7.11 Å². The highest BCUT2D eigenvalue weighted by Gasteiger charge is 2.68. The molecular formula is C52H89BrO13Si2. The van der Waals surface area contributed by atoms with Crippen LogP contribution in [0.4, 0.5) is 0 Å². The van der Waals surface area contributed by atoms with Gasteiger partial charge in [0.25, 0.3) is 0 Å². The number of aliphatic hydroxyl groups excluding tert-OH is 2. The first-order chi connectivity index (χ1) is 31.7. The van der Waals surface area contributed by atoms with E-state index >= 15 is 0 Å². The number of Topliss-reactive ketones (excluding diaryl/α,β-unsaturated/α-hetero) is 1. The van der Waals surface area contributed by atoms with Gasteiger partial charge in [0.2, 0.25) is 0 Å². The van der Waals surface area contributed by atoms with Crippen LogP contribution in [0.2, 0.25) is 36.3 Å². The van der Waals surface area contributed by atoms with Gasteiger partial charge in [0.05, 0.1) is 67.6 Å². The molecule has 8 saturated heterocycles. The molecule has 8 fully saturated rings. The number of rotatable bonds is 22. The Labute approximate surface area is 419 Å². The molecule has 0 radical (unpaired) electrons. The zero-order valence-electron chi connectivity index (χ0n) is 43.6. The second-order valence-corrected chi connectivity index (χ2v) is 35.4. The minimum Gasteiger partial charge on any atom is -0.414 e. The van der Waals surface area contributed by atoms with Crippen LogP contribution in [-0.4, -0.2) is 150 Å². The molecule has 16 heteroatoms. The average molecular weight is 1060 g/mol. The number of halogens is 1. The maximum absolute atomic E-state index is 14.6. The molecule has 13 nitrogen and oxygen atoms in total. The summed E-state index contributed by atoms with van der Waals surface area (Å²) < 4.78 is 69.0. The lowest BCUT2D eigenvalue weighted by atomic mass is 9.81. The summed E-state index contributed by atoms with van der Waals surface area (Å²) >= 11 is 3.38.